The van der Waals surface area contributed by atoms with Crippen molar-refractivity contribution >= 4 is 5.91 Å². The summed E-state index contributed by atoms with van der Waals surface area (Å²) in [5.74, 6) is 2.24. The first-order valence-corrected chi connectivity index (χ1v) is 14.1. The molecule has 1 N–H and O–H groups in total. The molecule has 1 unspecified atom stereocenters. The molecule has 0 fully saturated rings. The average molecular weight is 529 g/mol. The smallest absolute Gasteiger partial charge is 0.251 e. The van der Waals surface area contributed by atoms with E-state index >= 15 is 0 Å². The molecule has 0 aromatic heterocycles. The van der Waals surface area contributed by atoms with E-state index in [1.165, 1.54) is 16.7 Å². The zero-order valence-corrected chi connectivity index (χ0v) is 23.4. The first kappa shape index (κ1) is 27.2. The van der Waals surface area contributed by atoms with Gasteiger partial charge in [-0.15, -0.1) is 0 Å². The lowest BCUT2D eigenvalue weighted by molar-refractivity contribution is 0.0746. The SMILES string of the molecule is CC(C)CN1CCOCCOc2ccc(C(=O)NCc3ccc4c(c3)CC(C)O4)cc2Cc2cccc(c2)C1. The Morgan fingerprint density at radius 3 is 2.69 bits per heavy atom. The van der Waals surface area contributed by atoms with E-state index in [9.17, 15) is 4.79 Å². The van der Waals surface area contributed by atoms with E-state index in [4.69, 9.17) is 14.2 Å². The summed E-state index contributed by atoms with van der Waals surface area (Å²) in [6, 6.07) is 20.6. The summed E-state index contributed by atoms with van der Waals surface area (Å²) in [5, 5.41) is 3.09. The summed E-state index contributed by atoms with van der Waals surface area (Å²) in [7, 11) is 0. The quantitative estimate of drug-likeness (QED) is 0.481. The highest BCUT2D eigenvalue weighted by Crippen LogP contribution is 2.29. The minimum atomic E-state index is -0.0938. The van der Waals surface area contributed by atoms with Gasteiger partial charge in [-0.25, -0.2) is 0 Å². The van der Waals surface area contributed by atoms with Crippen LogP contribution in [-0.4, -0.2) is 49.8 Å². The molecule has 0 saturated carbocycles. The molecule has 6 heteroatoms. The molecule has 3 aromatic carbocycles. The number of carbonyl (C=O) groups excluding carboxylic acids is 1. The molecule has 206 valence electrons. The highest BCUT2D eigenvalue weighted by Gasteiger charge is 2.19. The van der Waals surface area contributed by atoms with Crippen LogP contribution in [0.2, 0.25) is 0 Å². The standard InChI is InChI=1S/C33H40N2O4/c1-23(2)21-35-11-12-37-13-14-38-31-10-8-28(19-30(31)17-25-5-4-6-27(16-25)22-35)33(36)34-20-26-7-9-32-29(18-26)15-24(3)39-32/h4-10,16,18-19,23-24H,11-15,17,20-22H2,1-3H3,(H,34,36). The van der Waals surface area contributed by atoms with E-state index < -0.39 is 0 Å². The third-order valence-corrected chi connectivity index (χ3v) is 7.19. The maximum atomic E-state index is 13.1. The van der Waals surface area contributed by atoms with Gasteiger partial charge in [0.15, 0.2) is 0 Å². The predicted octanol–water partition coefficient (Wildman–Crippen LogP) is 5.40. The Labute approximate surface area is 232 Å². The van der Waals surface area contributed by atoms with E-state index in [0.717, 1.165) is 48.7 Å². The fraction of sp³-hybridized carbons (Fsp3) is 0.424. The van der Waals surface area contributed by atoms with Gasteiger partial charge in [-0.1, -0.05) is 50.2 Å². The van der Waals surface area contributed by atoms with Gasteiger partial charge >= 0.3 is 0 Å². The summed E-state index contributed by atoms with van der Waals surface area (Å²) < 4.78 is 17.8. The lowest BCUT2D eigenvalue weighted by Crippen LogP contribution is -2.31. The molecule has 0 radical (unpaired) electrons. The minimum Gasteiger partial charge on any atom is -0.491 e. The lowest BCUT2D eigenvalue weighted by Gasteiger charge is -2.25. The van der Waals surface area contributed by atoms with Gasteiger partial charge in [-0.05, 0) is 64.9 Å². The number of hydrogen-bond acceptors (Lipinski definition) is 5. The summed E-state index contributed by atoms with van der Waals surface area (Å²) in [4.78, 5) is 15.6. The first-order valence-electron chi connectivity index (χ1n) is 14.1. The van der Waals surface area contributed by atoms with Gasteiger partial charge in [0.05, 0.1) is 13.2 Å². The number of hydrogen-bond donors (Lipinski definition) is 1. The second-order valence-electron chi connectivity index (χ2n) is 11.2. The normalized spacial score (nSPS) is 17.9. The maximum absolute atomic E-state index is 13.1. The van der Waals surface area contributed by atoms with Crippen LogP contribution in [0.3, 0.4) is 0 Å². The van der Waals surface area contributed by atoms with Crippen LogP contribution < -0.4 is 14.8 Å². The van der Waals surface area contributed by atoms with E-state index in [1.807, 2.05) is 30.3 Å². The van der Waals surface area contributed by atoms with Gasteiger partial charge in [-0.3, -0.25) is 9.69 Å². The molecule has 2 bridgehead atoms. The van der Waals surface area contributed by atoms with Crippen LogP contribution in [0.15, 0.2) is 60.7 Å². The second kappa shape index (κ2) is 12.7. The highest BCUT2D eigenvalue weighted by molar-refractivity contribution is 5.94. The van der Waals surface area contributed by atoms with E-state index in [1.54, 1.807) is 0 Å². The Balaban J connectivity index is 1.32. The number of fused-ring (bicyclic) bond motifs is 4. The largest absolute Gasteiger partial charge is 0.491 e. The predicted molar refractivity (Wildman–Crippen MR) is 154 cm³/mol. The van der Waals surface area contributed by atoms with Crippen molar-refractivity contribution in [2.75, 3.05) is 32.9 Å². The molecule has 39 heavy (non-hydrogen) atoms. The molecular weight excluding hydrogens is 488 g/mol. The molecule has 0 aliphatic carbocycles. The van der Waals surface area contributed by atoms with Gasteiger partial charge in [0, 0.05) is 44.6 Å². The Bertz CT molecular complexity index is 1290. The van der Waals surface area contributed by atoms with E-state index in [2.05, 4.69) is 61.3 Å². The van der Waals surface area contributed by atoms with Gasteiger partial charge in [-0.2, -0.15) is 0 Å². The van der Waals surface area contributed by atoms with Crippen molar-refractivity contribution in [3.63, 3.8) is 0 Å². The van der Waals surface area contributed by atoms with Crippen molar-refractivity contribution < 1.29 is 19.0 Å². The summed E-state index contributed by atoms with van der Waals surface area (Å²) >= 11 is 0. The first-order chi connectivity index (χ1) is 18.9. The maximum Gasteiger partial charge on any atom is 0.251 e. The molecule has 2 aliphatic heterocycles. The van der Waals surface area contributed by atoms with Crippen LogP contribution in [0, 0.1) is 5.92 Å². The van der Waals surface area contributed by atoms with Gasteiger partial charge < -0.3 is 19.5 Å². The zero-order valence-electron chi connectivity index (χ0n) is 23.4. The average Bonchev–Trinajstić information content (AvgIpc) is 3.28. The van der Waals surface area contributed by atoms with Crippen LogP contribution in [-0.2, 0) is 30.7 Å². The number of nitrogens with zero attached hydrogens (tertiary/aromatic N) is 1. The van der Waals surface area contributed by atoms with E-state index in [-0.39, 0.29) is 12.0 Å². The molecule has 6 nitrogen and oxygen atoms in total. The van der Waals surface area contributed by atoms with Crippen LogP contribution in [0.1, 0.15) is 58.9 Å². The Morgan fingerprint density at radius 1 is 0.974 bits per heavy atom. The second-order valence-corrected chi connectivity index (χ2v) is 11.2. The Kier molecular flexibility index (Phi) is 8.84. The molecule has 1 atom stereocenters. The lowest BCUT2D eigenvalue weighted by atomic mass is 9.99. The van der Waals surface area contributed by atoms with Crippen molar-refractivity contribution in [3.05, 3.63) is 94.0 Å². The number of benzene rings is 3. The monoisotopic (exact) mass is 528 g/mol. The number of nitrogens with one attached hydrogen (secondary N) is 1. The number of ether oxygens (including phenoxy) is 3. The number of carbonyl (C=O) groups is 1. The van der Waals surface area contributed by atoms with Crippen molar-refractivity contribution in [3.8, 4) is 11.5 Å². The fourth-order valence-electron chi connectivity index (χ4n) is 5.44. The number of amides is 1. The van der Waals surface area contributed by atoms with Gasteiger partial charge in [0.1, 0.15) is 24.2 Å². The van der Waals surface area contributed by atoms with Crippen molar-refractivity contribution in [1.82, 2.24) is 10.2 Å². The molecule has 1 amide bonds. The summed E-state index contributed by atoms with van der Waals surface area (Å²) in [6.45, 7) is 11.6. The summed E-state index contributed by atoms with van der Waals surface area (Å²) in [6.07, 6.45) is 1.81. The summed E-state index contributed by atoms with van der Waals surface area (Å²) in [5.41, 5.74) is 6.41. The van der Waals surface area contributed by atoms with Crippen molar-refractivity contribution in [2.45, 2.75) is 52.8 Å². The molecule has 2 aliphatic rings. The molecular formula is C33H40N2O4. The molecule has 5 rings (SSSR count). The molecule has 0 spiro atoms. The third kappa shape index (κ3) is 7.40. The topological polar surface area (TPSA) is 60.0 Å². The third-order valence-electron chi connectivity index (χ3n) is 7.19. The van der Waals surface area contributed by atoms with Gasteiger partial charge in [0.25, 0.3) is 5.91 Å². The molecule has 0 saturated heterocycles. The van der Waals surface area contributed by atoms with Crippen molar-refractivity contribution in [2.24, 2.45) is 5.92 Å². The van der Waals surface area contributed by atoms with E-state index in [0.29, 0.717) is 44.3 Å². The fourth-order valence-corrected chi connectivity index (χ4v) is 5.44. The minimum absolute atomic E-state index is 0.0938. The molecule has 2 heterocycles. The number of rotatable bonds is 5. The highest BCUT2D eigenvalue weighted by atomic mass is 16.5. The molecule has 3 aromatic rings. The van der Waals surface area contributed by atoms with Crippen LogP contribution in [0.5, 0.6) is 11.5 Å². The van der Waals surface area contributed by atoms with Crippen LogP contribution in [0.25, 0.3) is 0 Å². The Hall–Kier alpha value is -3.35. The van der Waals surface area contributed by atoms with Gasteiger partial charge in [0.2, 0.25) is 0 Å². The zero-order chi connectivity index (χ0) is 27.2. The van der Waals surface area contributed by atoms with Crippen LogP contribution in [0.4, 0.5) is 0 Å². The van der Waals surface area contributed by atoms with Crippen LogP contribution >= 0.6 is 0 Å². The Morgan fingerprint density at radius 2 is 1.82 bits per heavy atom. The van der Waals surface area contributed by atoms with Crippen molar-refractivity contribution in [1.29, 1.82) is 0 Å².